The second-order valence-corrected chi connectivity index (χ2v) is 4.93. The number of thiophene rings is 1. The molecule has 2 N–H and O–H groups in total. The predicted octanol–water partition coefficient (Wildman–Crippen LogP) is 3.13. The van der Waals surface area contributed by atoms with Crippen LogP contribution >= 0.6 is 27.3 Å². The third-order valence-corrected chi connectivity index (χ3v) is 4.09. The van der Waals surface area contributed by atoms with E-state index in [-0.39, 0.29) is 6.54 Å². The van der Waals surface area contributed by atoms with Crippen LogP contribution in [-0.2, 0) is 6.42 Å². The first-order valence-electron chi connectivity index (χ1n) is 4.22. The van der Waals surface area contributed by atoms with Gasteiger partial charge in [-0.3, -0.25) is 0 Å². The minimum absolute atomic E-state index is 0.0911. The first kappa shape index (κ1) is 11.1. The Morgan fingerprint density at radius 1 is 1.69 bits per heavy atom. The first-order chi connectivity index (χ1) is 6.11. The second-order valence-electron chi connectivity index (χ2n) is 3.08. The van der Waals surface area contributed by atoms with Gasteiger partial charge in [0.1, 0.15) is 5.67 Å². The van der Waals surface area contributed by atoms with Gasteiger partial charge in [0.2, 0.25) is 0 Å². The molecule has 1 atom stereocenters. The van der Waals surface area contributed by atoms with Crippen molar-refractivity contribution in [2.75, 3.05) is 6.54 Å². The Bertz CT molecular complexity index is 270. The summed E-state index contributed by atoms with van der Waals surface area (Å²) in [6, 6.07) is 1.94. The largest absolute Gasteiger partial charge is 0.328 e. The summed E-state index contributed by atoms with van der Waals surface area (Å²) in [7, 11) is 0. The predicted molar refractivity (Wildman–Crippen MR) is 58.9 cm³/mol. The molecule has 1 heterocycles. The van der Waals surface area contributed by atoms with Crippen molar-refractivity contribution in [3.8, 4) is 0 Å². The molecule has 0 spiro atoms. The molecule has 13 heavy (non-hydrogen) atoms. The van der Waals surface area contributed by atoms with Gasteiger partial charge in [0.05, 0.1) is 0 Å². The summed E-state index contributed by atoms with van der Waals surface area (Å²) in [6.45, 7) is 1.92. The van der Waals surface area contributed by atoms with Gasteiger partial charge >= 0.3 is 0 Å². The number of nitrogens with two attached hydrogens (primary N) is 1. The maximum absolute atomic E-state index is 13.9. The molecule has 0 bridgehead atoms. The van der Waals surface area contributed by atoms with Crippen molar-refractivity contribution >= 4 is 27.3 Å². The minimum Gasteiger partial charge on any atom is -0.328 e. The zero-order valence-electron chi connectivity index (χ0n) is 7.52. The third-order valence-electron chi connectivity index (χ3n) is 2.17. The van der Waals surface area contributed by atoms with E-state index in [1.807, 2.05) is 18.4 Å². The highest BCUT2D eigenvalue weighted by atomic mass is 79.9. The fourth-order valence-electron chi connectivity index (χ4n) is 1.08. The average Bonchev–Trinajstić information content (AvgIpc) is 2.52. The van der Waals surface area contributed by atoms with Crippen LogP contribution in [0.15, 0.2) is 15.9 Å². The SMILES string of the molecule is CCC(F)(CN)Cc1sccc1Br. The van der Waals surface area contributed by atoms with Gasteiger partial charge in [-0.25, -0.2) is 4.39 Å². The van der Waals surface area contributed by atoms with Crippen LogP contribution in [-0.4, -0.2) is 12.2 Å². The molecule has 0 aliphatic carbocycles. The smallest absolute Gasteiger partial charge is 0.127 e. The zero-order chi connectivity index (χ0) is 9.90. The topological polar surface area (TPSA) is 26.0 Å². The lowest BCUT2D eigenvalue weighted by Gasteiger charge is -2.20. The standard InChI is InChI=1S/C9H13BrFNS/c1-2-9(11,6-12)5-8-7(10)3-4-13-8/h3-4H,2,5-6,12H2,1H3. The van der Waals surface area contributed by atoms with E-state index in [1.165, 1.54) is 0 Å². The van der Waals surface area contributed by atoms with E-state index in [9.17, 15) is 4.39 Å². The van der Waals surface area contributed by atoms with Crippen LogP contribution in [0.3, 0.4) is 0 Å². The van der Waals surface area contributed by atoms with Crippen molar-refractivity contribution in [2.45, 2.75) is 25.4 Å². The molecule has 0 amide bonds. The second kappa shape index (κ2) is 4.53. The highest BCUT2D eigenvalue weighted by Gasteiger charge is 2.27. The average molecular weight is 266 g/mol. The minimum atomic E-state index is -1.24. The van der Waals surface area contributed by atoms with Gasteiger partial charge in [-0.1, -0.05) is 6.92 Å². The van der Waals surface area contributed by atoms with Gasteiger partial charge < -0.3 is 5.73 Å². The summed E-state index contributed by atoms with van der Waals surface area (Å²) in [6.07, 6.45) is 0.881. The van der Waals surface area contributed by atoms with E-state index in [4.69, 9.17) is 5.73 Å². The monoisotopic (exact) mass is 265 g/mol. The van der Waals surface area contributed by atoms with Gasteiger partial charge in [-0.2, -0.15) is 0 Å². The Kier molecular flexibility index (Phi) is 3.88. The van der Waals surface area contributed by atoms with Crippen LogP contribution in [0.5, 0.6) is 0 Å². The molecule has 0 aliphatic heterocycles. The maximum Gasteiger partial charge on any atom is 0.127 e. The highest BCUT2D eigenvalue weighted by Crippen LogP contribution is 2.29. The molecule has 0 aliphatic rings. The molecule has 1 rings (SSSR count). The Hall–Kier alpha value is 0.0700. The molecule has 0 fully saturated rings. The van der Waals surface area contributed by atoms with Crippen molar-refractivity contribution in [1.82, 2.24) is 0 Å². The van der Waals surface area contributed by atoms with Gasteiger partial charge in [-0.05, 0) is 33.8 Å². The van der Waals surface area contributed by atoms with Crippen molar-refractivity contribution in [1.29, 1.82) is 0 Å². The Morgan fingerprint density at radius 2 is 2.38 bits per heavy atom. The van der Waals surface area contributed by atoms with Crippen molar-refractivity contribution in [3.63, 3.8) is 0 Å². The van der Waals surface area contributed by atoms with E-state index in [0.29, 0.717) is 12.8 Å². The van der Waals surface area contributed by atoms with Gasteiger partial charge in [0.15, 0.2) is 0 Å². The highest BCUT2D eigenvalue weighted by molar-refractivity contribution is 9.10. The van der Waals surface area contributed by atoms with Crippen LogP contribution in [0.4, 0.5) is 4.39 Å². The zero-order valence-corrected chi connectivity index (χ0v) is 9.92. The number of alkyl halides is 1. The molecule has 4 heteroatoms. The van der Waals surface area contributed by atoms with Crippen LogP contribution in [0.2, 0.25) is 0 Å². The quantitative estimate of drug-likeness (QED) is 0.890. The van der Waals surface area contributed by atoms with Crippen LogP contribution < -0.4 is 5.73 Å². The van der Waals surface area contributed by atoms with Crippen LogP contribution in [0.1, 0.15) is 18.2 Å². The van der Waals surface area contributed by atoms with Crippen LogP contribution in [0.25, 0.3) is 0 Å². The first-order valence-corrected chi connectivity index (χ1v) is 5.89. The molecule has 0 aromatic carbocycles. The summed E-state index contributed by atoms with van der Waals surface area (Å²) >= 11 is 4.94. The van der Waals surface area contributed by atoms with E-state index >= 15 is 0 Å². The summed E-state index contributed by atoms with van der Waals surface area (Å²) < 4.78 is 14.8. The maximum atomic E-state index is 13.9. The molecule has 1 aromatic heterocycles. The van der Waals surface area contributed by atoms with E-state index < -0.39 is 5.67 Å². The van der Waals surface area contributed by atoms with Crippen LogP contribution in [0, 0.1) is 0 Å². The van der Waals surface area contributed by atoms with E-state index in [1.54, 1.807) is 11.3 Å². The summed E-state index contributed by atoms with van der Waals surface area (Å²) in [5.74, 6) is 0. The molecule has 0 saturated carbocycles. The lowest BCUT2D eigenvalue weighted by atomic mass is 9.98. The van der Waals surface area contributed by atoms with Gasteiger partial charge in [-0.15, -0.1) is 11.3 Å². The van der Waals surface area contributed by atoms with Crippen molar-refractivity contribution < 1.29 is 4.39 Å². The number of rotatable bonds is 4. The molecule has 1 unspecified atom stereocenters. The Morgan fingerprint density at radius 3 is 2.77 bits per heavy atom. The molecule has 0 radical (unpaired) electrons. The fourth-order valence-corrected chi connectivity index (χ4v) is 2.70. The lowest BCUT2D eigenvalue weighted by molar-refractivity contribution is 0.168. The molecule has 74 valence electrons. The van der Waals surface area contributed by atoms with Crippen molar-refractivity contribution in [3.05, 3.63) is 20.8 Å². The number of halogens is 2. The molecule has 1 nitrogen and oxygen atoms in total. The molecular weight excluding hydrogens is 253 g/mol. The third kappa shape index (κ3) is 2.76. The molecule has 0 saturated heterocycles. The Balaban J connectivity index is 2.73. The summed E-state index contributed by atoms with van der Waals surface area (Å²) in [4.78, 5) is 1.04. The fraction of sp³-hybridized carbons (Fsp3) is 0.556. The number of hydrogen-bond donors (Lipinski definition) is 1. The Labute approximate surface area is 90.3 Å². The van der Waals surface area contributed by atoms with Gasteiger partial charge in [0, 0.05) is 22.3 Å². The number of hydrogen-bond acceptors (Lipinski definition) is 2. The summed E-state index contributed by atoms with van der Waals surface area (Å²) in [5, 5.41) is 1.95. The van der Waals surface area contributed by atoms with Crippen molar-refractivity contribution in [2.24, 2.45) is 5.73 Å². The van der Waals surface area contributed by atoms with Gasteiger partial charge in [0.25, 0.3) is 0 Å². The normalized spacial score (nSPS) is 15.7. The lowest BCUT2D eigenvalue weighted by Crippen LogP contribution is -2.34. The van der Waals surface area contributed by atoms with E-state index in [2.05, 4.69) is 15.9 Å². The summed E-state index contributed by atoms with van der Waals surface area (Å²) in [5.41, 5.74) is 4.16. The molecular formula is C9H13BrFNS. The van der Waals surface area contributed by atoms with E-state index in [0.717, 1.165) is 9.35 Å². The molecule has 1 aromatic rings.